The summed E-state index contributed by atoms with van der Waals surface area (Å²) >= 11 is 0. The van der Waals surface area contributed by atoms with Gasteiger partial charge in [0.2, 0.25) is 5.95 Å². The molecule has 5 rings (SSSR count). The Morgan fingerprint density at radius 1 is 1.06 bits per heavy atom. The highest BCUT2D eigenvalue weighted by Crippen LogP contribution is 2.28. The number of fused-ring (bicyclic) bond motifs is 2. The minimum absolute atomic E-state index is 0.296. The van der Waals surface area contributed by atoms with E-state index < -0.39 is 6.10 Å². The molecule has 0 amide bonds. The molecule has 0 radical (unpaired) electrons. The second-order valence-corrected chi connectivity index (χ2v) is 8.97. The number of aliphatic hydroxyl groups excluding tert-OH is 1. The van der Waals surface area contributed by atoms with E-state index in [4.69, 9.17) is 4.98 Å². The van der Waals surface area contributed by atoms with Crippen LogP contribution >= 0.6 is 0 Å². The van der Waals surface area contributed by atoms with Crippen molar-refractivity contribution in [3.8, 4) is 0 Å². The number of piperidine rings is 1. The van der Waals surface area contributed by atoms with Crippen molar-refractivity contribution < 1.29 is 5.11 Å². The lowest BCUT2D eigenvalue weighted by atomic mass is 9.85. The van der Waals surface area contributed by atoms with E-state index in [1.165, 1.54) is 16.3 Å². The van der Waals surface area contributed by atoms with Crippen LogP contribution in [0.2, 0.25) is 0 Å². The molecule has 1 saturated heterocycles. The van der Waals surface area contributed by atoms with Gasteiger partial charge < -0.3 is 20.7 Å². The van der Waals surface area contributed by atoms with Gasteiger partial charge in [-0.3, -0.25) is 0 Å². The van der Waals surface area contributed by atoms with Gasteiger partial charge in [-0.1, -0.05) is 55.5 Å². The molecular weight excluding hydrogens is 396 g/mol. The van der Waals surface area contributed by atoms with Crippen molar-refractivity contribution in [2.24, 2.45) is 5.92 Å². The molecule has 166 valence electrons. The molecule has 1 aliphatic rings. The molecule has 1 fully saturated rings. The maximum absolute atomic E-state index is 10.2. The Hall–Kier alpha value is -2.89. The summed E-state index contributed by atoms with van der Waals surface area (Å²) in [5.41, 5.74) is 4.19. The number of nitrogens with one attached hydrogen (secondary N) is 3. The van der Waals surface area contributed by atoms with Crippen molar-refractivity contribution in [2.75, 3.05) is 18.4 Å². The second-order valence-electron chi connectivity index (χ2n) is 8.97. The second kappa shape index (κ2) is 9.31. The Labute approximate surface area is 189 Å². The van der Waals surface area contributed by atoms with E-state index >= 15 is 0 Å². The smallest absolute Gasteiger partial charge is 0.201 e. The molecule has 4 N–H and O–H groups in total. The zero-order valence-corrected chi connectivity index (χ0v) is 18.6. The number of hydrogen-bond acceptors (Lipinski definition) is 4. The Bertz CT molecular complexity index is 1190. The van der Waals surface area contributed by atoms with E-state index in [1.54, 1.807) is 0 Å². The normalized spacial score (nSPS) is 16.9. The first-order valence-corrected chi connectivity index (χ1v) is 11.8. The number of hydrogen-bond donors (Lipinski definition) is 4. The average molecular weight is 429 g/mol. The molecule has 32 heavy (non-hydrogen) atoms. The Morgan fingerprint density at radius 2 is 1.88 bits per heavy atom. The lowest BCUT2D eigenvalue weighted by molar-refractivity contribution is 0.174. The topological polar surface area (TPSA) is 73.0 Å². The molecule has 0 spiro atoms. The number of benzene rings is 3. The van der Waals surface area contributed by atoms with Crippen LogP contribution in [0.25, 0.3) is 21.8 Å². The summed E-state index contributed by atoms with van der Waals surface area (Å²) in [6, 6.07) is 21.6. The number of imidazole rings is 1. The third kappa shape index (κ3) is 4.36. The number of aromatic nitrogens is 2. The predicted molar refractivity (Wildman–Crippen MR) is 132 cm³/mol. The van der Waals surface area contributed by atoms with Gasteiger partial charge in [-0.2, -0.15) is 0 Å². The minimum Gasteiger partial charge on any atom is -0.388 e. The van der Waals surface area contributed by atoms with Crippen LogP contribution < -0.4 is 10.6 Å². The molecule has 0 saturated carbocycles. The number of H-pyrrole nitrogens is 1. The monoisotopic (exact) mass is 428 g/mol. The van der Waals surface area contributed by atoms with Gasteiger partial charge in [0.05, 0.1) is 17.1 Å². The van der Waals surface area contributed by atoms with Crippen molar-refractivity contribution in [1.82, 2.24) is 15.3 Å². The molecule has 1 aromatic heterocycles. The standard InChI is InChI=1S/C27H32N4O/c1-2-26(32)21-10-11-23-25(17-21)31-27(29-23)30-24(19-12-14-28-15-13-19)16-20-8-5-7-18-6-3-4-9-22(18)20/h3-11,17,19,24,26,28,32H,2,12-16H2,1H3,(H2,29,30,31). The molecule has 1 aliphatic heterocycles. The van der Waals surface area contributed by atoms with Gasteiger partial charge in [0, 0.05) is 6.04 Å². The van der Waals surface area contributed by atoms with Gasteiger partial charge in [-0.05, 0) is 78.7 Å². The van der Waals surface area contributed by atoms with Crippen LogP contribution in [0.1, 0.15) is 43.4 Å². The van der Waals surface area contributed by atoms with Gasteiger partial charge in [-0.15, -0.1) is 0 Å². The lowest BCUT2D eigenvalue weighted by Gasteiger charge is -2.31. The van der Waals surface area contributed by atoms with E-state index in [0.717, 1.165) is 54.9 Å². The van der Waals surface area contributed by atoms with Crippen molar-refractivity contribution in [2.45, 2.75) is 44.8 Å². The molecule has 0 aliphatic carbocycles. The molecular formula is C27H32N4O. The van der Waals surface area contributed by atoms with Gasteiger partial charge in [0.25, 0.3) is 0 Å². The zero-order valence-electron chi connectivity index (χ0n) is 18.6. The summed E-state index contributed by atoms with van der Waals surface area (Å²) in [5.74, 6) is 1.40. The molecule has 5 nitrogen and oxygen atoms in total. The fourth-order valence-electron chi connectivity index (χ4n) is 5.00. The summed E-state index contributed by atoms with van der Waals surface area (Å²) in [6.07, 6.45) is 3.54. The van der Waals surface area contributed by atoms with E-state index in [1.807, 2.05) is 25.1 Å². The van der Waals surface area contributed by atoms with Crippen molar-refractivity contribution >= 4 is 27.8 Å². The van der Waals surface area contributed by atoms with Gasteiger partial charge in [0.1, 0.15) is 0 Å². The Morgan fingerprint density at radius 3 is 2.72 bits per heavy atom. The number of aromatic amines is 1. The quantitative estimate of drug-likeness (QED) is 0.327. The van der Waals surface area contributed by atoms with Crippen molar-refractivity contribution in [3.05, 3.63) is 71.8 Å². The molecule has 4 aromatic rings. The van der Waals surface area contributed by atoms with E-state index in [9.17, 15) is 5.11 Å². The van der Waals surface area contributed by atoms with E-state index in [2.05, 4.69) is 58.1 Å². The number of anilines is 1. The van der Waals surface area contributed by atoms with Crippen LogP contribution in [0.15, 0.2) is 60.7 Å². The highest BCUT2D eigenvalue weighted by atomic mass is 16.3. The van der Waals surface area contributed by atoms with Crippen LogP contribution in [0, 0.1) is 5.92 Å². The molecule has 2 unspecified atom stereocenters. The fourth-order valence-corrected chi connectivity index (χ4v) is 5.00. The SMILES string of the molecule is CCC(O)c1ccc2[nH]c(NC(Cc3cccc4ccccc34)C3CCNCC3)nc2c1. The maximum atomic E-state index is 10.2. The number of nitrogens with zero attached hydrogens (tertiary/aromatic N) is 1. The third-order valence-corrected chi connectivity index (χ3v) is 6.87. The Balaban J connectivity index is 1.44. The van der Waals surface area contributed by atoms with Gasteiger partial charge in [0.15, 0.2) is 0 Å². The molecule has 2 atom stereocenters. The summed E-state index contributed by atoms with van der Waals surface area (Å²) < 4.78 is 0. The fraction of sp³-hybridized carbons (Fsp3) is 0.370. The summed E-state index contributed by atoms with van der Waals surface area (Å²) in [5, 5.41) is 20.1. The first-order chi connectivity index (χ1) is 15.7. The first-order valence-electron chi connectivity index (χ1n) is 11.8. The molecule has 0 bridgehead atoms. The first kappa shape index (κ1) is 21.0. The number of rotatable bonds is 7. The summed E-state index contributed by atoms with van der Waals surface area (Å²) in [4.78, 5) is 8.29. The zero-order chi connectivity index (χ0) is 21.9. The summed E-state index contributed by atoms with van der Waals surface area (Å²) in [7, 11) is 0. The average Bonchev–Trinajstić information content (AvgIpc) is 3.25. The van der Waals surface area contributed by atoms with Gasteiger partial charge >= 0.3 is 0 Å². The molecule has 3 aromatic carbocycles. The lowest BCUT2D eigenvalue weighted by Crippen LogP contribution is -2.39. The Kier molecular flexibility index (Phi) is 6.10. The molecule has 2 heterocycles. The van der Waals surface area contributed by atoms with Crippen LogP contribution in [-0.2, 0) is 6.42 Å². The predicted octanol–water partition coefficient (Wildman–Crippen LogP) is 5.18. The number of aliphatic hydroxyl groups is 1. The van der Waals surface area contributed by atoms with Crippen molar-refractivity contribution in [3.63, 3.8) is 0 Å². The highest BCUT2D eigenvalue weighted by molar-refractivity contribution is 5.85. The largest absolute Gasteiger partial charge is 0.388 e. The third-order valence-electron chi connectivity index (χ3n) is 6.87. The van der Waals surface area contributed by atoms with Crippen molar-refractivity contribution in [1.29, 1.82) is 0 Å². The van der Waals surface area contributed by atoms with E-state index in [-0.39, 0.29) is 0 Å². The molecule has 5 heteroatoms. The van der Waals surface area contributed by atoms with Crippen LogP contribution in [0.3, 0.4) is 0 Å². The van der Waals surface area contributed by atoms with Gasteiger partial charge in [-0.25, -0.2) is 4.98 Å². The highest BCUT2D eigenvalue weighted by Gasteiger charge is 2.25. The van der Waals surface area contributed by atoms with Crippen LogP contribution in [0.5, 0.6) is 0 Å². The maximum Gasteiger partial charge on any atom is 0.201 e. The van der Waals surface area contributed by atoms with Crippen LogP contribution in [-0.4, -0.2) is 34.2 Å². The van der Waals surface area contributed by atoms with Crippen LogP contribution in [0.4, 0.5) is 5.95 Å². The minimum atomic E-state index is -0.443. The summed E-state index contributed by atoms with van der Waals surface area (Å²) in [6.45, 7) is 4.12. The van der Waals surface area contributed by atoms with E-state index in [0.29, 0.717) is 18.4 Å².